The largest absolute Gasteiger partial charge is 0.394 e. The fraction of sp³-hybridized carbons (Fsp3) is 0.429. The molecule has 0 aliphatic rings. The molecular weight excluding hydrogens is 148 g/mol. The van der Waals surface area contributed by atoms with Gasteiger partial charge in [-0.05, 0) is 11.4 Å². The molecule has 0 aliphatic carbocycles. The van der Waals surface area contributed by atoms with Crippen LogP contribution in [0.1, 0.15) is 4.88 Å². The Morgan fingerprint density at radius 2 is 2.40 bits per heavy atom. The van der Waals surface area contributed by atoms with Crippen LogP contribution in [0.5, 0.6) is 0 Å². The van der Waals surface area contributed by atoms with Crippen molar-refractivity contribution in [2.75, 3.05) is 6.61 Å². The second-order valence-electron chi connectivity index (χ2n) is 2.12. The lowest BCUT2D eigenvalue weighted by atomic mass is 10.2. The molecule has 1 unspecified atom stereocenters. The van der Waals surface area contributed by atoms with Crippen molar-refractivity contribution < 1.29 is 10.2 Å². The average Bonchev–Trinajstić information content (AvgIpc) is 2.40. The van der Waals surface area contributed by atoms with Gasteiger partial charge in [-0.15, -0.1) is 11.3 Å². The molecule has 56 valence electrons. The van der Waals surface area contributed by atoms with Gasteiger partial charge in [-0.1, -0.05) is 6.07 Å². The molecular formula is C7H10O2S. The number of thiophene rings is 1. The van der Waals surface area contributed by atoms with Crippen molar-refractivity contribution in [1.29, 1.82) is 0 Å². The van der Waals surface area contributed by atoms with Crippen molar-refractivity contribution >= 4 is 11.3 Å². The summed E-state index contributed by atoms with van der Waals surface area (Å²) in [6, 6.07) is 3.88. The first-order chi connectivity index (χ1) is 4.83. The van der Waals surface area contributed by atoms with Gasteiger partial charge in [-0.25, -0.2) is 0 Å². The molecule has 0 saturated heterocycles. The molecule has 2 N–H and O–H groups in total. The fourth-order valence-corrected chi connectivity index (χ4v) is 1.50. The lowest BCUT2D eigenvalue weighted by Gasteiger charge is -2.02. The quantitative estimate of drug-likeness (QED) is 0.678. The summed E-state index contributed by atoms with van der Waals surface area (Å²) in [5.74, 6) is 0. The SMILES string of the molecule is OCC(O)Cc1cccs1. The van der Waals surface area contributed by atoms with Crippen LogP contribution in [0, 0.1) is 0 Å². The Morgan fingerprint density at radius 3 is 2.90 bits per heavy atom. The third-order valence-corrected chi connectivity index (χ3v) is 2.13. The van der Waals surface area contributed by atoms with Gasteiger partial charge in [0.15, 0.2) is 0 Å². The van der Waals surface area contributed by atoms with Crippen LogP contribution >= 0.6 is 11.3 Å². The van der Waals surface area contributed by atoms with E-state index in [2.05, 4.69) is 0 Å². The zero-order valence-electron chi connectivity index (χ0n) is 5.53. The minimum Gasteiger partial charge on any atom is -0.394 e. The van der Waals surface area contributed by atoms with Crippen LogP contribution in [0.15, 0.2) is 17.5 Å². The molecule has 1 heterocycles. The molecule has 0 saturated carbocycles. The summed E-state index contributed by atoms with van der Waals surface area (Å²) < 4.78 is 0. The normalized spacial score (nSPS) is 13.4. The topological polar surface area (TPSA) is 40.5 Å². The summed E-state index contributed by atoms with van der Waals surface area (Å²) in [7, 11) is 0. The van der Waals surface area contributed by atoms with Crippen molar-refractivity contribution in [2.24, 2.45) is 0 Å². The van der Waals surface area contributed by atoms with Crippen LogP contribution in [0.25, 0.3) is 0 Å². The maximum absolute atomic E-state index is 8.99. The Hall–Kier alpha value is -0.380. The zero-order valence-corrected chi connectivity index (χ0v) is 6.34. The van der Waals surface area contributed by atoms with E-state index in [0.29, 0.717) is 6.42 Å². The smallest absolute Gasteiger partial charge is 0.0819 e. The third-order valence-electron chi connectivity index (χ3n) is 1.23. The van der Waals surface area contributed by atoms with Crippen LogP contribution in [0.4, 0.5) is 0 Å². The third kappa shape index (κ3) is 2.10. The highest BCUT2D eigenvalue weighted by Gasteiger charge is 2.02. The van der Waals surface area contributed by atoms with E-state index in [1.165, 1.54) is 0 Å². The summed E-state index contributed by atoms with van der Waals surface area (Å²) in [5.41, 5.74) is 0. The first-order valence-electron chi connectivity index (χ1n) is 3.14. The van der Waals surface area contributed by atoms with Gasteiger partial charge in [0.1, 0.15) is 0 Å². The van der Waals surface area contributed by atoms with E-state index >= 15 is 0 Å². The molecule has 0 aliphatic heterocycles. The van der Waals surface area contributed by atoms with E-state index in [9.17, 15) is 0 Å². The summed E-state index contributed by atoms with van der Waals surface area (Å²) in [5, 5.41) is 19.4. The van der Waals surface area contributed by atoms with E-state index in [4.69, 9.17) is 10.2 Å². The van der Waals surface area contributed by atoms with Crippen LogP contribution in [-0.4, -0.2) is 22.9 Å². The van der Waals surface area contributed by atoms with Crippen molar-refractivity contribution in [1.82, 2.24) is 0 Å². The fourth-order valence-electron chi connectivity index (χ4n) is 0.726. The molecule has 0 spiro atoms. The van der Waals surface area contributed by atoms with Crippen LogP contribution < -0.4 is 0 Å². The molecule has 10 heavy (non-hydrogen) atoms. The molecule has 3 heteroatoms. The first kappa shape index (κ1) is 7.72. The van der Waals surface area contributed by atoms with Crippen molar-refractivity contribution in [2.45, 2.75) is 12.5 Å². The number of hydrogen-bond donors (Lipinski definition) is 2. The van der Waals surface area contributed by atoms with E-state index < -0.39 is 6.10 Å². The first-order valence-corrected chi connectivity index (χ1v) is 4.02. The Kier molecular flexibility index (Phi) is 2.86. The van der Waals surface area contributed by atoms with E-state index in [1.807, 2.05) is 17.5 Å². The monoisotopic (exact) mass is 158 g/mol. The van der Waals surface area contributed by atoms with E-state index in [0.717, 1.165) is 4.88 Å². The van der Waals surface area contributed by atoms with E-state index in [-0.39, 0.29) is 6.61 Å². The van der Waals surface area contributed by atoms with Gasteiger partial charge in [0.05, 0.1) is 12.7 Å². The highest BCUT2D eigenvalue weighted by atomic mass is 32.1. The minimum atomic E-state index is -0.598. The predicted octanol–water partition coefficient (Wildman–Crippen LogP) is 0.644. The molecule has 0 fully saturated rings. The summed E-state index contributed by atoms with van der Waals surface area (Å²) in [6.45, 7) is -0.155. The Balaban J connectivity index is 2.40. The van der Waals surface area contributed by atoms with Crippen molar-refractivity contribution in [3.63, 3.8) is 0 Å². The van der Waals surface area contributed by atoms with Crippen molar-refractivity contribution in [3.8, 4) is 0 Å². The molecule has 2 nitrogen and oxygen atoms in total. The van der Waals surface area contributed by atoms with Gasteiger partial charge in [0.2, 0.25) is 0 Å². The molecule has 0 aromatic carbocycles. The van der Waals surface area contributed by atoms with Gasteiger partial charge in [-0.2, -0.15) is 0 Å². The molecule has 0 bridgehead atoms. The van der Waals surface area contributed by atoms with Crippen molar-refractivity contribution in [3.05, 3.63) is 22.4 Å². The molecule has 1 rings (SSSR count). The van der Waals surface area contributed by atoms with Crippen LogP contribution in [0.2, 0.25) is 0 Å². The maximum atomic E-state index is 8.99. The van der Waals surface area contributed by atoms with Gasteiger partial charge in [0.25, 0.3) is 0 Å². The van der Waals surface area contributed by atoms with Crippen LogP contribution in [0.3, 0.4) is 0 Å². The van der Waals surface area contributed by atoms with Gasteiger partial charge >= 0.3 is 0 Å². The van der Waals surface area contributed by atoms with Crippen LogP contribution in [-0.2, 0) is 6.42 Å². The maximum Gasteiger partial charge on any atom is 0.0819 e. The number of aliphatic hydroxyl groups is 2. The van der Waals surface area contributed by atoms with E-state index in [1.54, 1.807) is 11.3 Å². The predicted molar refractivity (Wildman–Crippen MR) is 41.1 cm³/mol. The van der Waals surface area contributed by atoms with Gasteiger partial charge in [-0.3, -0.25) is 0 Å². The standard InChI is InChI=1S/C7H10O2S/c8-5-6(9)4-7-2-1-3-10-7/h1-3,6,8-9H,4-5H2. The summed E-state index contributed by atoms with van der Waals surface area (Å²) in [4.78, 5) is 1.11. The molecule has 1 aromatic heterocycles. The Labute approximate surface area is 63.8 Å². The zero-order chi connectivity index (χ0) is 7.40. The molecule has 0 radical (unpaired) electrons. The number of aliphatic hydroxyl groups excluding tert-OH is 2. The molecule has 0 amide bonds. The molecule has 1 aromatic rings. The van der Waals surface area contributed by atoms with Gasteiger partial charge < -0.3 is 10.2 Å². The highest BCUT2D eigenvalue weighted by molar-refractivity contribution is 7.09. The number of hydrogen-bond acceptors (Lipinski definition) is 3. The van der Waals surface area contributed by atoms with Gasteiger partial charge in [0, 0.05) is 11.3 Å². The lowest BCUT2D eigenvalue weighted by Crippen LogP contribution is -2.13. The Bertz CT molecular complexity index is 172. The Morgan fingerprint density at radius 1 is 1.60 bits per heavy atom. The highest BCUT2D eigenvalue weighted by Crippen LogP contribution is 2.10. The average molecular weight is 158 g/mol. The number of rotatable bonds is 3. The lowest BCUT2D eigenvalue weighted by molar-refractivity contribution is 0.0961. The second kappa shape index (κ2) is 3.71. The summed E-state index contributed by atoms with van der Waals surface area (Å²) >= 11 is 1.60. The molecule has 1 atom stereocenters. The summed E-state index contributed by atoms with van der Waals surface area (Å²) in [6.07, 6.45) is -0.0348. The minimum absolute atomic E-state index is 0.155. The second-order valence-corrected chi connectivity index (χ2v) is 3.15.